The normalized spacial score (nSPS) is 22.4. The Morgan fingerprint density at radius 1 is 1.45 bits per heavy atom. The lowest BCUT2D eigenvalue weighted by Gasteiger charge is -2.30. The van der Waals surface area contributed by atoms with Crippen LogP contribution in [-0.2, 0) is 9.53 Å². The largest absolute Gasteiger partial charge is 0.468 e. The van der Waals surface area contributed by atoms with Crippen LogP contribution in [0.5, 0.6) is 0 Å². The molecule has 4 heteroatoms. The predicted molar refractivity (Wildman–Crippen MR) is 77.2 cm³/mol. The second-order valence-electron chi connectivity index (χ2n) is 5.40. The molecule has 1 heterocycles. The number of nitrogens with zero attached hydrogens (tertiary/aromatic N) is 1. The maximum absolute atomic E-state index is 11.7. The molecule has 0 aromatic heterocycles. The lowest BCUT2D eigenvalue weighted by Crippen LogP contribution is -2.43. The first-order valence-corrected chi connectivity index (χ1v) is 7.20. The maximum Gasteiger partial charge on any atom is 0.322 e. The number of benzene rings is 1. The number of hydrogen-bond donors (Lipinski definition) is 1. The van der Waals surface area contributed by atoms with Crippen LogP contribution in [0.1, 0.15) is 37.9 Å². The number of likely N-dealkylation sites (tertiary alicyclic amines) is 1. The van der Waals surface area contributed by atoms with Gasteiger partial charge in [0.1, 0.15) is 6.04 Å². The van der Waals surface area contributed by atoms with Gasteiger partial charge in [-0.25, -0.2) is 0 Å². The fourth-order valence-electron chi connectivity index (χ4n) is 3.00. The Kier molecular flexibility index (Phi) is 5.15. The van der Waals surface area contributed by atoms with Crippen molar-refractivity contribution in [1.82, 2.24) is 4.90 Å². The van der Waals surface area contributed by atoms with E-state index >= 15 is 0 Å². The molecule has 20 heavy (non-hydrogen) atoms. The zero-order valence-electron chi connectivity index (χ0n) is 12.2. The first kappa shape index (κ1) is 15.0. The predicted octanol–water partition coefficient (Wildman–Crippen LogP) is 2.14. The monoisotopic (exact) mass is 277 g/mol. The lowest BCUT2D eigenvalue weighted by molar-refractivity contribution is -0.146. The van der Waals surface area contributed by atoms with Crippen LogP contribution in [0.15, 0.2) is 30.3 Å². The fourth-order valence-corrected chi connectivity index (χ4v) is 3.00. The highest BCUT2D eigenvalue weighted by molar-refractivity contribution is 5.75. The number of ether oxygens (including phenoxy) is 1. The molecule has 110 valence electrons. The van der Waals surface area contributed by atoms with Crippen molar-refractivity contribution in [3.63, 3.8) is 0 Å². The number of hydrogen-bond acceptors (Lipinski definition) is 4. The van der Waals surface area contributed by atoms with Crippen LogP contribution >= 0.6 is 0 Å². The van der Waals surface area contributed by atoms with Gasteiger partial charge in [0.15, 0.2) is 0 Å². The summed E-state index contributed by atoms with van der Waals surface area (Å²) in [7, 11) is 1.42. The molecule has 1 saturated heterocycles. The number of esters is 1. The van der Waals surface area contributed by atoms with Gasteiger partial charge in [0.2, 0.25) is 0 Å². The minimum Gasteiger partial charge on any atom is -0.468 e. The van der Waals surface area contributed by atoms with Crippen molar-refractivity contribution < 1.29 is 14.6 Å². The summed E-state index contributed by atoms with van der Waals surface area (Å²) < 4.78 is 4.82. The fraction of sp³-hybridized carbons (Fsp3) is 0.562. The molecule has 0 saturated carbocycles. The number of aliphatic hydroxyl groups is 1. The smallest absolute Gasteiger partial charge is 0.322 e. The van der Waals surface area contributed by atoms with Crippen molar-refractivity contribution in [1.29, 1.82) is 0 Å². The van der Waals surface area contributed by atoms with Crippen molar-refractivity contribution in [3.05, 3.63) is 35.9 Å². The highest BCUT2D eigenvalue weighted by Gasteiger charge is 2.33. The van der Waals surface area contributed by atoms with E-state index in [2.05, 4.69) is 4.90 Å². The molecule has 0 spiro atoms. The van der Waals surface area contributed by atoms with Crippen LogP contribution in [0.3, 0.4) is 0 Å². The first-order chi connectivity index (χ1) is 9.63. The quantitative estimate of drug-likeness (QED) is 0.838. The van der Waals surface area contributed by atoms with Crippen LogP contribution in [-0.4, -0.2) is 41.7 Å². The average molecular weight is 277 g/mol. The molecular weight excluding hydrogens is 254 g/mol. The molecule has 3 unspecified atom stereocenters. The molecule has 1 aliphatic heterocycles. The van der Waals surface area contributed by atoms with E-state index < -0.39 is 6.10 Å². The SMILES string of the molecule is COC(=O)C(C)N1CCCC1CC(O)c1ccccc1. The van der Waals surface area contributed by atoms with Gasteiger partial charge in [-0.05, 0) is 38.3 Å². The summed E-state index contributed by atoms with van der Waals surface area (Å²) in [4.78, 5) is 13.8. The minimum absolute atomic E-state index is 0.203. The van der Waals surface area contributed by atoms with Gasteiger partial charge in [-0.2, -0.15) is 0 Å². The van der Waals surface area contributed by atoms with Gasteiger partial charge in [0.05, 0.1) is 13.2 Å². The topological polar surface area (TPSA) is 49.8 Å². The highest BCUT2D eigenvalue weighted by atomic mass is 16.5. The van der Waals surface area contributed by atoms with E-state index in [1.165, 1.54) is 7.11 Å². The number of carbonyl (C=O) groups is 1. The third-order valence-corrected chi connectivity index (χ3v) is 4.14. The maximum atomic E-state index is 11.7. The summed E-state index contributed by atoms with van der Waals surface area (Å²) >= 11 is 0. The zero-order valence-corrected chi connectivity index (χ0v) is 12.2. The second kappa shape index (κ2) is 6.86. The van der Waals surface area contributed by atoms with E-state index in [0.717, 1.165) is 24.9 Å². The van der Waals surface area contributed by atoms with Crippen molar-refractivity contribution in [2.24, 2.45) is 0 Å². The van der Waals surface area contributed by atoms with Gasteiger partial charge in [0.25, 0.3) is 0 Å². The highest BCUT2D eigenvalue weighted by Crippen LogP contribution is 2.28. The lowest BCUT2D eigenvalue weighted by atomic mass is 10.00. The summed E-state index contributed by atoms with van der Waals surface area (Å²) in [6.07, 6.45) is 2.26. The van der Waals surface area contributed by atoms with E-state index in [1.807, 2.05) is 37.3 Å². The molecular formula is C16H23NO3. The molecule has 0 bridgehead atoms. The van der Waals surface area contributed by atoms with Gasteiger partial charge >= 0.3 is 5.97 Å². The van der Waals surface area contributed by atoms with Gasteiger partial charge in [-0.1, -0.05) is 30.3 Å². The summed E-state index contributed by atoms with van der Waals surface area (Å²) in [6, 6.07) is 9.68. The third-order valence-electron chi connectivity index (χ3n) is 4.14. The van der Waals surface area contributed by atoms with E-state index in [9.17, 15) is 9.90 Å². The standard InChI is InChI=1S/C16H23NO3/c1-12(16(19)20-2)17-10-6-9-14(17)11-15(18)13-7-4-3-5-8-13/h3-5,7-8,12,14-15,18H,6,9-11H2,1-2H3. The summed E-state index contributed by atoms with van der Waals surface area (Å²) in [6.45, 7) is 2.77. The van der Waals surface area contributed by atoms with Gasteiger partial charge in [-0.15, -0.1) is 0 Å². The first-order valence-electron chi connectivity index (χ1n) is 7.20. The number of rotatable bonds is 5. The molecule has 0 amide bonds. The Bertz CT molecular complexity index is 435. The molecule has 1 N–H and O–H groups in total. The van der Waals surface area contributed by atoms with Crippen LogP contribution < -0.4 is 0 Å². The minimum atomic E-state index is -0.480. The average Bonchev–Trinajstić information content (AvgIpc) is 2.94. The Morgan fingerprint density at radius 3 is 2.80 bits per heavy atom. The molecule has 1 fully saturated rings. The van der Waals surface area contributed by atoms with E-state index in [4.69, 9.17) is 4.74 Å². The van der Waals surface area contributed by atoms with Crippen molar-refractivity contribution >= 4 is 5.97 Å². The van der Waals surface area contributed by atoms with Crippen molar-refractivity contribution in [3.8, 4) is 0 Å². The Morgan fingerprint density at radius 2 is 2.15 bits per heavy atom. The Balaban J connectivity index is 1.99. The second-order valence-corrected chi connectivity index (χ2v) is 5.40. The number of carbonyl (C=O) groups excluding carboxylic acids is 1. The third kappa shape index (κ3) is 3.38. The molecule has 4 nitrogen and oxygen atoms in total. The Hall–Kier alpha value is -1.39. The number of methoxy groups -OCH3 is 1. The number of aliphatic hydroxyl groups excluding tert-OH is 1. The van der Waals surface area contributed by atoms with Gasteiger partial charge in [0, 0.05) is 6.04 Å². The Labute approximate surface area is 120 Å². The zero-order chi connectivity index (χ0) is 14.5. The molecule has 0 radical (unpaired) electrons. The van der Waals surface area contributed by atoms with E-state index in [0.29, 0.717) is 6.42 Å². The molecule has 3 atom stereocenters. The van der Waals surface area contributed by atoms with E-state index in [1.54, 1.807) is 0 Å². The van der Waals surface area contributed by atoms with E-state index in [-0.39, 0.29) is 18.1 Å². The van der Waals surface area contributed by atoms with Crippen molar-refractivity contribution in [2.75, 3.05) is 13.7 Å². The van der Waals surface area contributed by atoms with Crippen LogP contribution in [0, 0.1) is 0 Å². The molecule has 0 aliphatic carbocycles. The molecule has 1 aliphatic rings. The summed E-state index contributed by atoms with van der Waals surface area (Å²) in [5.74, 6) is -0.203. The van der Waals surface area contributed by atoms with Gasteiger partial charge in [-0.3, -0.25) is 9.69 Å². The van der Waals surface area contributed by atoms with Crippen LogP contribution in [0.25, 0.3) is 0 Å². The summed E-state index contributed by atoms with van der Waals surface area (Å²) in [5.41, 5.74) is 0.935. The van der Waals surface area contributed by atoms with Crippen LogP contribution in [0.4, 0.5) is 0 Å². The van der Waals surface area contributed by atoms with Gasteiger partial charge < -0.3 is 9.84 Å². The summed E-state index contributed by atoms with van der Waals surface area (Å²) in [5, 5.41) is 10.3. The van der Waals surface area contributed by atoms with Crippen LogP contribution in [0.2, 0.25) is 0 Å². The van der Waals surface area contributed by atoms with Crippen molar-refractivity contribution in [2.45, 2.75) is 44.4 Å². The molecule has 1 aromatic rings. The molecule has 1 aromatic carbocycles. The molecule has 2 rings (SSSR count).